The van der Waals surface area contributed by atoms with E-state index in [0.717, 1.165) is 16.8 Å². The lowest BCUT2D eigenvalue weighted by Gasteiger charge is -2.17. The lowest BCUT2D eigenvalue weighted by atomic mass is 10.1. The van der Waals surface area contributed by atoms with E-state index in [1.165, 1.54) is 5.56 Å². The molecule has 0 radical (unpaired) electrons. The Morgan fingerprint density at radius 2 is 1.74 bits per heavy atom. The molecular formula is C16H17NO2. The molecule has 0 aliphatic carbocycles. The molecule has 0 aliphatic rings. The van der Waals surface area contributed by atoms with Gasteiger partial charge in [0.25, 0.3) is 0 Å². The van der Waals surface area contributed by atoms with E-state index in [9.17, 15) is 9.90 Å². The number of carbonyl (C=O) groups is 1. The second-order valence-electron chi connectivity index (χ2n) is 4.63. The Hall–Kier alpha value is -2.29. The van der Waals surface area contributed by atoms with Crippen LogP contribution in [0.5, 0.6) is 0 Å². The lowest BCUT2D eigenvalue weighted by Crippen LogP contribution is -2.20. The third-order valence-electron chi connectivity index (χ3n) is 3.20. The third-order valence-corrected chi connectivity index (χ3v) is 3.20. The van der Waals surface area contributed by atoms with E-state index in [4.69, 9.17) is 0 Å². The fraction of sp³-hybridized carbons (Fsp3) is 0.188. The molecule has 3 heteroatoms. The van der Waals surface area contributed by atoms with E-state index in [2.05, 4.69) is 5.32 Å². The van der Waals surface area contributed by atoms with Crippen LogP contribution in [-0.2, 0) is 4.79 Å². The summed E-state index contributed by atoms with van der Waals surface area (Å²) >= 11 is 0. The molecule has 0 aromatic heterocycles. The van der Waals surface area contributed by atoms with E-state index >= 15 is 0 Å². The minimum Gasteiger partial charge on any atom is -0.479 e. The first-order valence-corrected chi connectivity index (χ1v) is 6.19. The Morgan fingerprint density at radius 1 is 1.05 bits per heavy atom. The summed E-state index contributed by atoms with van der Waals surface area (Å²) in [7, 11) is 0. The zero-order chi connectivity index (χ0) is 13.8. The first-order chi connectivity index (χ1) is 9.08. The van der Waals surface area contributed by atoms with Crippen molar-refractivity contribution in [3.05, 3.63) is 65.2 Å². The molecule has 2 aromatic rings. The molecule has 0 bridgehead atoms. The average molecular weight is 255 g/mol. The molecule has 3 nitrogen and oxygen atoms in total. The molecule has 98 valence electrons. The molecule has 19 heavy (non-hydrogen) atoms. The van der Waals surface area contributed by atoms with Crippen molar-refractivity contribution in [3.63, 3.8) is 0 Å². The van der Waals surface area contributed by atoms with Crippen molar-refractivity contribution >= 4 is 11.7 Å². The first-order valence-electron chi connectivity index (χ1n) is 6.19. The summed E-state index contributed by atoms with van der Waals surface area (Å²) in [5.41, 5.74) is 3.90. The van der Waals surface area contributed by atoms with Crippen LogP contribution in [0.3, 0.4) is 0 Å². The summed E-state index contributed by atoms with van der Waals surface area (Å²) in [4.78, 5) is 11.4. The maximum atomic E-state index is 11.4. The average Bonchev–Trinajstić information content (AvgIpc) is 2.40. The molecule has 0 saturated carbocycles. The van der Waals surface area contributed by atoms with Crippen LogP contribution in [0.1, 0.15) is 22.7 Å². The van der Waals surface area contributed by atoms with Gasteiger partial charge in [0.1, 0.15) is 0 Å². The normalized spacial score (nSPS) is 11.9. The van der Waals surface area contributed by atoms with E-state index in [1.807, 2.05) is 62.4 Å². The SMILES string of the molecule is Cc1ccc(N[C@H](C(=O)O)c2ccccc2)cc1C. The molecular weight excluding hydrogens is 238 g/mol. The van der Waals surface area contributed by atoms with Gasteiger partial charge in [-0.25, -0.2) is 4.79 Å². The van der Waals surface area contributed by atoms with E-state index < -0.39 is 12.0 Å². The van der Waals surface area contributed by atoms with Crippen molar-refractivity contribution in [3.8, 4) is 0 Å². The third kappa shape index (κ3) is 3.13. The number of carboxylic acids is 1. The van der Waals surface area contributed by atoms with Crippen LogP contribution in [0, 0.1) is 13.8 Å². The van der Waals surface area contributed by atoms with Crippen molar-refractivity contribution in [1.29, 1.82) is 0 Å². The predicted molar refractivity (Wildman–Crippen MR) is 76.4 cm³/mol. The van der Waals surface area contributed by atoms with Crippen molar-refractivity contribution in [2.75, 3.05) is 5.32 Å². The van der Waals surface area contributed by atoms with Gasteiger partial charge in [0.15, 0.2) is 6.04 Å². The molecule has 0 heterocycles. The number of aryl methyl sites for hydroxylation is 2. The Bertz CT molecular complexity index is 579. The van der Waals surface area contributed by atoms with Crippen LogP contribution >= 0.6 is 0 Å². The van der Waals surface area contributed by atoms with Gasteiger partial charge in [-0.15, -0.1) is 0 Å². The summed E-state index contributed by atoms with van der Waals surface area (Å²) in [6.07, 6.45) is 0. The molecule has 0 unspecified atom stereocenters. The standard InChI is InChI=1S/C16H17NO2/c1-11-8-9-14(10-12(11)2)17-15(16(18)19)13-6-4-3-5-7-13/h3-10,15,17H,1-2H3,(H,18,19)/t15-/m0/s1. The molecule has 0 amide bonds. The monoisotopic (exact) mass is 255 g/mol. The minimum atomic E-state index is -0.885. The summed E-state index contributed by atoms with van der Waals surface area (Å²) < 4.78 is 0. The second kappa shape index (κ2) is 5.57. The smallest absolute Gasteiger partial charge is 0.330 e. The number of hydrogen-bond donors (Lipinski definition) is 2. The van der Waals surface area contributed by atoms with Crippen molar-refractivity contribution in [2.45, 2.75) is 19.9 Å². The van der Waals surface area contributed by atoms with Crippen LogP contribution in [0.4, 0.5) is 5.69 Å². The fourth-order valence-corrected chi connectivity index (χ4v) is 1.93. The molecule has 2 N–H and O–H groups in total. The van der Waals surface area contributed by atoms with Gasteiger partial charge in [0, 0.05) is 5.69 Å². The van der Waals surface area contributed by atoms with Crippen LogP contribution in [-0.4, -0.2) is 11.1 Å². The Balaban J connectivity index is 2.27. The van der Waals surface area contributed by atoms with Crippen LogP contribution in [0.25, 0.3) is 0 Å². The van der Waals surface area contributed by atoms with E-state index in [-0.39, 0.29) is 0 Å². The number of benzene rings is 2. The van der Waals surface area contributed by atoms with Gasteiger partial charge in [0.2, 0.25) is 0 Å². The van der Waals surface area contributed by atoms with Crippen LogP contribution in [0.2, 0.25) is 0 Å². The van der Waals surface area contributed by atoms with Crippen molar-refractivity contribution in [1.82, 2.24) is 0 Å². The van der Waals surface area contributed by atoms with Gasteiger partial charge < -0.3 is 10.4 Å². The highest BCUT2D eigenvalue weighted by molar-refractivity contribution is 5.79. The van der Waals surface area contributed by atoms with Gasteiger partial charge >= 0.3 is 5.97 Å². The summed E-state index contributed by atoms with van der Waals surface area (Å²) in [6, 6.07) is 14.3. The zero-order valence-corrected chi connectivity index (χ0v) is 11.1. The highest BCUT2D eigenvalue weighted by Crippen LogP contribution is 2.21. The highest BCUT2D eigenvalue weighted by atomic mass is 16.4. The van der Waals surface area contributed by atoms with Gasteiger partial charge in [-0.05, 0) is 42.7 Å². The molecule has 0 saturated heterocycles. The number of carboxylic acid groups (broad SMARTS) is 1. The number of aliphatic carboxylic acids is 1. The maximum Gasteiger partial charge on any atom is 0.330 e. The highest BCUT2D eigenvalue weighted by Gasteiger charge is 2.19. The summed E-state index contributed by atoms with van der Waals surface area (Å²) in [5, 5.41) is 12.4. The van der Waals surface area contributed by atoms with Gasteiger partial charge in [0.05, 0.1) is 0 Å². The molecule has 0 fully saturated rings. The van der Waals surface area contributed by atoms with Gasteiger partial charge in [-0.1, -0.05) is 36.4 Å². The topological polar surface area (TPSA) is 49.3 Å². The number of rotatable bonds is 4. The van der Waals surface area contributed by atoms with E-state index in [1.54, 1.807) is 0 Å². The predicted octanol–water partition coefficient (Wildman–Crippen LogP) is 3.54. The Morgan fingerprint density at radius 3 is 2.32 bits per heavy atom. The van der Waals surface area contributed by atoms with Crippen molar-refractivity contribution in [2.24, 2.45) is 0 Å². The summed E-state index contributed by atoms with van der Waals surface area (Å²) in [5.74, 6) is -0.885. The Labute approximate surface area is 112 Å². The number of nitrogens with one attached hydrogen (secondary N) is 1. The molecule has 2 aromatic carbocycles. The minimum absolute atomic E-state index is 0.733. The Kier molecular flexibility index (Phi) is 3.85. The fourth-order valence-electron chi connectivity index (χ4n) is 1.93. The molecule has 0 aliphatic heterocycles. The number of hydrogen-bond acceptors (Lipinski definition) is 2. The molecule has 1 atom stereocenters. The van der Waals surface area contributed by atoms with Crippen molar-refractivity contribution < 1.29 is 9.90 Å². The summed E-state index contributed by atoms with van der Waals surface area (Å²) in [6.45, 7) is 4.05. The van der Waals surface area contributed by atoms with Crippen LogP contribution < -0.4 is 5.32 Å². The molecule has 2 rings (SSSR count). The van der Waals surface area contributed by atoms with Gasteiger partial charge in [-0.3, -0.25) is 0 Å². The quantitative estimate of drug-likeness (QED) is 0.878. The number of anilines is 1. The maximum absolute atomic E-state index is 11.4. The lowest BCUT2D eigenvalue weighted by molar-refractivity contribution is -0.138. The largest absolute Gasteiger partial charge is 0.479 e. The van der Waals surface area contributed by atoms with Crippen LogP contribution in [0.15, 0.2) is 48.5 Å². The van der Waals surface area contributed by atoms with E-state index in [0.29, 0.717) is 0 Å². The molecule has 0 spiro atoms. The second-order valence-corrected chi connectivity index (χ2v) is 4.63. The zero-order valence-electron chi connectivity index (χ0n) is 11.1. The first kappa shape index (κ1) is 13.1. The van der Waals surface area contributed by atoms with Gasteiger partial charge in [-0.2, -0.15) is 0 Å².